The SMILES string of the molecule is CCOC(=O)C1=C[C@H](C)[C@H](C2=CC[C@H](F)CC2)[C@H](C)C1. The third kappa shape index (κ3) is 3.31. The van der Waals surface area contributed by atoms with Gasteiger partial charge in [0.25, 0.3) is 0 Å². The zero-order valence-electron chi connectivity index (χ0n) is 12.7. The van der Waals surface area contributed by atoms with Crippen molar-refractivity contribution in [3.8, 4) is 0 Å². The molecule has 0 aromatic carbocycles. The first kappa shape index (κ1) is 15.3. The molecular formula is C17H25FO2. The van der Waals surface area contributed by atoms with Gasteiger partial charge in [0.1, 0.15) is 6.17 Å². The summed E-state index contributed by atoms with van der Waals surface area (Å²) in [7, 11) is 0. The Balaban J connectivity index is 2.12. The number of allylic oxidation sites excluding steroid dienone is 3. The van der Waals surface area contributed by atoms with E-state index in [1.165, 1.54) is 5.57 Å². The molecule has 2 rings (SSSR count). The van der Waals surface area contributed by atoms with Crippen LogP contribution >= 0.6 is 0 Å². The van der Waals surface area contributed by atoms with Crippen molar-refractivity contribution in [2.24, 2.45) is 17.8 Å². The summed E-state index contributed by atoms with van der Waals surface area (Å²) in [5, 5.41) is 0. The normalized spacial score (nSPS) is 34.2. The van der Waals surface area contributed by atoms with Crippen molar-refractivity contribution in [1.29, 1.82) is 0 Å². The van der Waals surface area contributed by atoms with E-state index in [0.717, 1.165) is 18.4 Å². The highest BCUT2D eigenvalue weighted by atomic mass is 19.1. The van der Waals surface area contributed by atoms with Crippen LogP contribution in [0.1, 0.15) is 46.5 Å². The predicted molar refractivity (Wildman–Crippen MR) is 78.0 cm³/mol. The van der Waals surface area contributed by atoms with Gasteiger partial charge in [-0.15, -0.1) is 0 Å². The van der Waals surface area contributed by atoms with Gasteiger partial charge in [-0.2, -0.15) is 0 Å². The van der Waals surface area contributed by atoms with E-state index in [1.54, 1.807) is 0 Å². The molecule has 0 aromatic rings. The second-order valence-electron chi connectivity index (χ2n) is 6.13. The first-order chi connectivity index (χ1) is 9.52. The molecule has 20 heavy (non-hydrogen) atoms. The topological polar surface area (TPSA) is 26.3 Å². The Morgan fingerprint density at radius 1 is 1.45 bits per heavy atom. The van der Waals surface area contributed by atoms with Gasteiger partial charge in [-0.25, -0.2) is 9.18 Å². The van der Waals surface area contributed by atoms with E-state index in [4.69, 9.17) is 4.74 Å². The van der Waals surface area contributed by atoms with Crippen LogP contribution in [0.4, 0.5) is 4.39 Å². The van der Waals surface area contributed by atoms with Crippen LogP contribution in [0.25, 0.3) is 0 Å². The van der Waals surface area contributed by atoms with Crippen LogP contribution in [0.3, 0.4) is 0 Å². The number of ether oxygens (including phenoxy) is 1. The summed E-state index contributed by atoms with van der Waals surface area (Å²) in [5.74, 6) is 1.00. The lowest BCUT2D eigenvalue weighted by molar-refractivity contribution is -0.139. The van der Waals surface area contributed by atoms with Gasteiger partial charge in [-0.05, 0) is 50.4 Å². The Morgan fingerprint density at radius 3 is 2.75 bits per heavy atom. The first-order valence-electron chi connectivity index (χ1n) is 7.73. The third-order valence-corrected chi connectivity index (χ3v) is 4.53. The lowest BCUT2D eigenvalue weighted by atomic mass is 9.69. The Bertz CT molecular complexity index is 425. The molecule has 0 radical (unpaired) electrons. The van der Waals surface area contributed by atoms with E-state index in [0.29, 0.717) is 37.2 Å². The fourth-order valence-electron chi connectivity index (χ4n) is 3.68. The van der Waals surface area contributed by atoms with Crippen LogP contribution in [0.15, 0.2) is 23.3 Å². The number of alkyl halides is 1. The molecule has 0 heterocycles. The minimum atomic E-state index is -0.668. The van der Waals surface area contributed by atoms with Crippen molar-refractivity contribution in [3.63, 3.8) is 0 Å². The van der Waals surface area contributed by atoms with Gasteiger partial charge in [0.15, 0.2) is 0 Å². The molecule has 2 aliphatic rings. The van der Waals surface area contributed by atoms with Crippen LogP contribution in [0.5, 0.6) is 0 Å². The van der Waals surface area contributed by atoms with E-state index < -0.39 is 6.17 Å². The van der Waals surface area contributed by atoms with E-state index in [2.05, 4.69) is 26.0 Å². The average molecular weight is 280 g/mol. The fourth-order valence-corrected chi connectivity index (χ4v) is 3.68. The van der Waals surface area contributed by atoms with Crippen molar-refractivity contribution in [3.05, 3.63) is 23.3 Å². The van der Waals surface area contributed by atoms with Gasteiger partial charge < -0.3 is 4.74 Å². The third-order valence-electron chi connectivity index (χ3n) is 4.53. The van der Waals surface area contributed by atoms with Gasteiger partial charge in [0.05, 0.1) is 6.61 Å². The quantitative estimate of drug-likeness (QED) is 0.571. The molecule has 0 amide bonds. The molecule has 0 aliphatic heterocycles. The predicted octanol–water partition coefficient (Wildman–Crippen LogP) is 4.22. The molecule has 0 bridgehead atoms. The molecular weight excluding hydrogens is 255 g/mol. The molecule has 2 nitrogen and oxygen atoms in total. The van der Waals surface area contributed by atoms with Crippen LogP contribution in [-0.2, 0) is 9.53 Å². The first-order valence-corrected chi connectivity index (χ1v) is 7.73. The van der Waals surface area contributed by atoms with Gasteiger partial charge in [-0.3, -0.25) is 0 Å². The summed E-state index contributed by atoms with van der Waals surface area (Å²) in [5.41, 5.74) is 2.20. The van der Waals surface area contributed by atoms with Crippen LogP contribution < -0.4 is 0 Å². The zero-order valence-corrected chi connectivity index (χ0v) is 12.7. The van der Waals surface area contributed by atoms with Crippen LogP contribution in [0.2, 0.25) is 0 Å². The maximum absolute atomic E-state index is 13.3. The summed E-state index contributed by atoms with van der Waals surface area (Å²) < 4.78 is 18.4. The average Bonchev–Trinajstić information content (AvgIpc) is 2.40. The number of hydrogen-bond acceptors (Lipinski definition) is 2. The molecule has 0 aromatic heterocycles. The molecule has 112 valence electrons. The maximum atomic E-state index is 13.3. The molecule has 0 N–H and O–H groups in total. The second-order valence-corrected chi connectivity index (χ2v) is 6.13. The molecule has 2 aliphatic carbocycles. The minimum Gasteiger partial charge on any atom is -0.463 e. The Labute approximate surface area is 121 Å². The van der Waals surface area contributed by atoms with Crippen LogP contribution in [0, 0.1) is 17.8 Å². The van der Waals surface area contributed by atoms with Gasteiger partial charge in [-0.1, -0.05) is 31.6 Å². The van der Waals surface area contributed by atoms with E-state index >= 15 is 0 Å². The molecule has 0 fully saturated rings. The molecule has 0 saturated carbocycles. The summed E-state index contributed by atoms with van der Waals surface area (Å²) in [6.45, 7) is 6.60. The molecule has 0 spiro atoms. The lowest BCUT2D eigenvalue weighted by Crippen LogP contribution is -2.29. The Hall–Kier alpha value is -1.12. The summed E-state index contributed by atoms with van der Waals surface area (Å²) >= 11 is 0. The zero-order chi connectivity index (χ0) is 14.7. The molecule has 4 atom stereocenters. The molecule has 0 saturated heterocycles. The van der Waals surface area contributed by atoms with Gasteiger partial charge in [0.2, 0.25) is 0 Å². The van der Waals surface area contributed by atoms with Gasteiger partial charge >= 0.3 is 5.97 Å². The highest BCUT2D eigenvalue weighted by molar-refractivity contribution is 5.88. The Morgan fingerprint density at radius 2 is 2.20 bits per heavy atom. The van der Waals surface area contributed by atoms with Crippen molar-refractivity contribution >= 4 is 5.97 Å². The number of carbonyl (C=O) groups excluding carboxylic acids is 1. The largest absolute Gasteiger partial charge is 0.463 e. The number of halogens is 1. The van der Waals surface area contributed by atoms with Crippen LogP contribution in [-0.4, -0.2) is 18.7 Å². The highest BCUT2D eigenvalue weighted by Crippen LogP contribution is 2.41. The van der Waals surface area contributed by atoms with E-state index in [-0.39, 0.29) is 5.97 Å². The van der Waals surface area contributed by atoms with Crippen molar-refractivity contribution in [2.45, 2.75) is 52.6 Å². The minimum absolute atomic E-state index is 0.175. The number of carbonyl (C=O) groups is 1. The molecule has 3 heteroatoms. The summed E-state index contributed by atoms with van der Waals surface area (Å²) in [6, 6.07) is 0. The maximum Gasteiger partial charge on any atom is 0.333 e. The van der Waals surface area contributed by atoms with Gasteiger partial charge in [0, 0.05) is 5.57 Å². The molecule has 0 unspecified atom stereocenters. The van der Waals surface area contributed by atoms with Crippen molar-refractivity contribution < 1.29 is 13.9 Å². The summed E-state index contributed by atoms with van der Waals surface area (Å²) in [6.07, 6.45) is 6.32. The number of rotatable bonds is 3. The van der Waals surface area contributed by atoms with E-state index in [9.17, 15) is 9.18 Å². The van der Waals surface area contributed by atoms with Crippen molar-refractivity contribution in [2.75, 3.05) is 6.61 Å². The monoisotopic (exact) mass is 280 g/mol. The lowest BCUT2D eigenvalue weighted by Gasteiger charge is -2.36. The number of hydrogen-bond donors (Lipinski definition) is 0. The fraction of sp³-hybridized carbons (Fsp3) is 0.706. The smallest absolute Gasteiger partial charge is 0.333 e. The Kier molecular flexibility index (Phi) is 5.00. The number of esters is 1. The summed E-state index contributed by atoms with van der Waals surface area (Å²) in [4.78, 5) is 11.9. The standard InChI is InChI=1S/C17H25FO2/c1-4-20-17(19)14-9-11(2)16(12(3)10-14)13-5-7-15(18)8-6-13/h5,9,11-12,15-16H,4,6-8,10H2,1-3H3/t11-,12+,15-,16-/m0/s1. The second kappa shape index (κ2) is 6.55. The van der Waals surface area contributed by atoms with Crippen molar-refractivity contribution in [1.82, 2.24) is 0 Å². The highest BCUT2D eigenvalue weighted by Gasteiger charge is 2.33. The van der Waals surface area contributed by atoms with E-state index in [1.807, 2.05) is 6.92 Å².